The van der Waals surface area contributed by atoms with Gasteiger partial charge in [0.2, 0.25) is 0 Å². The summed E-state index contributed by atoms with van der Waals surface area (Å²) in [5, 5.41) is 9.39. The van der Waals surface area contributed by atoms with E-state index < -0.39 is 5.60 Å². The molecule has 24 heavy (non-hydrogen) atoms. The van der Waals surface area contributed by atoms with Crippen LogP contribution in [0.2, 0.25) is 0 Å². The molecule has 0 saturated heterocycles. The van der Waals surface area contributed by atoms with E-state index in [1.807, 2.05) is 13.8 Å². The summed E-state index contributed by atoms with van der Waals surface area (Å²) < 4.78 is 4.79. The largest absolute Gasteiger partial charge is 0.462 e. The summed E-state index contributed by atoms with van der Waals surface area (Å²) in [5.41, 5.74) is 6.07. The summed E-state index contributed by atoms with van der Waals surface area (Å²) in [5.74, 6) is 0.155. The minimum atomic E-state index is -0.555. The van der Waals surface area contributed by atoms with Gasteiger partial charge in [0.15, 0.2) is 0 Å². The number of carbonyl (C=O) groups is 2. The fourth-order valence-electron chi connectivity index (χ4n) is 2.00. The number of aliphatic hydroxyl groups is 1. The summed E-state index contributed by atoms with van der Waals surface area (Å²) in [4.78, 5) is 21.2. The number of aldehydes is 1. The highest BCUT2D eigenvalue weighted by Gasteiger charge is 2.12. The molecular weight excluding hydrogens is 306 g/mol. The lowest BCUT2D eigenvalue weighted by atomic mass is 9.96. The average molecular weight is 337 g/mol. The van der Waals surface area contributed by atoms with Gasteiger partial charge in [-0.25, -0.2) is 4.79 Å². The first-order chi connectivity index (χ1) is 11.2. The minimum absolute atomic E-state index is 0.308. The molecule has 0 fully saturated rings. The lowest BCUT2D eigenvalue weighted by Crippen LogP contribution is -2.18. The maximum Gasteiger partial charge on any atom is 0.338 e. The normalized spacial score (nSPS) is 11.9. The SMILES string of the molecule is CC(CC=O)CCCC(C)(C)O.CCOC(=O)c1ccc(N)cc1. The van der Waals surface area contributed by atoms with Crippen molar-refractivity contribution in [3.05, 3.63) is 29.8 Å². The monoisotopic (exact) mass is 337 g/mol. The number of hydrogen-bond donors (Lipinski definition) is 2. The van der Waals surface area contributed by atoms with Crippen molar-refractivity contribution in [2.45, 2.75) is 59.0 Å². The summed E-state index contributed by atoms with van der Waals surface area (Å²) in [6.07, 6.45) is 4.46. The van der Waals surface area contributed by atoms with Crippen LogP contribution in [0, 0.1) is 5.92 Å². The molecule has 0 aliphatic carbocycles. The van der Waals surface area contributed by atoms with Crippen molar-refractivity contribution >= 4 is 17.9 Å². The predicted molar refractivity (Wildman–Crippen MR) is 96.8 cm³/mol. The Morgan fingerprint density at radius 1 is 1.33 bits per heavy atom. The van der Waals surface area contributed by atoms with E-state index >= 15 is 0 Å². The van der Waals surface area contributed by atoms with E-state index in [2.05, 4.69) is 6.92 Å². The number of rotatable bonds is 8. The standard InChI is InChI=1S/C10H20O2.C9H11NO2/c1-9(6-8-11)5-4-7-10(2,3)12;1-2-12-9(11)7-3-5-8(10)6-4-7/h8-9,12H,4-7H2,1-3H3;3-6H,2,10H2,1H3. The Morgan fingerprint density at radius 2 is 1.92 bits per heavy atom. The highest BCUT2D eigenvalue weighted by Crippen LogP contribution is 2.16. The zero-order valence-corrected chi connectivity index (χ0v) is 15.2. The van der Waals surface area contributed by atoms with Crippen molar-refractivity contribution in [3.8, 4) is 0 Å². The fraction of sp³-hybridized carbons (Fsp3) is 0.579. The molecule has 136 valence electrons. The van der Waals surface area contributed by atoms with Crippen LogP contribution in [-0.4, -0.2) is 29.6 Å². The van der Waals surface area contributed by atoms with Gasteiger partial charge in [-0.05, 0) is 57.4 Å². The highest BCUT2D eigenvalue weighted by atomic mass is 16.5. The Hall–Kier alpha value is -1.88. The van der Waals surface area contributed by atoms with Crippen molar-refractivity contribution in [2.75, 3.05) is 12.3 Å². The molecule has 0 heterocycles. The molecule has 1 aromatic rings. The van der Waals surface area contributed by atoms with Crippen LogP contribution in [0.1, 0.15) is 63.7 Å². The number of esters is 1. The first kappa shape index (κ1) is 22.1. The van der Waals surface area contributed by atoms with Gasteiger partial charge in [-0.15, -0.1) is 0 Å². The molecule has 0 radical (unpaired) electrons. The summed E-state index contributed by atoms with van der Waals surface area (Å²) in [6, 6.07) is 6.64. The molecule has 0 saturated carbocycles. The van der Waals surface area contributed by atoms with Crippen LogP contribution in [0.3, 0.4) is 0 Å². The minimum Gasteiger partial charge on any atom is -0.462 e. The smallest absolute Gasteiger partial charge is 0.338 e. The Morgan fingerprint density at radius 3 is 2.38 bits per heavy atom. The van der Waals surface area contributed by atoms with Gasteiger partial charge in [0.1, 0.15) is 6.29 Å². The van der Waals surface area contributed by atoms with Crippen LogP contribution in [-0.2, 0) is 9.53 Å². The highest BCUT2D eigenvalue weighted by molar-refractivity contribution is 5.89. The summed E-state index contributed by atoms with van der Waals surface area (Å²) in [6.45, 7) is 7.87. The molecule has 0 aliphatic rings. The number of benzene rings is 1. The van der Waals surface area contributed by atoms with Crippen molar-refractivity contribution < 1.29 is 19.4 Å². The average Bonchev–Trinajstić information content (AvgIpc) is 2.48. The van der Waals surface area contributed by atoms with E-state index in [1.165, 1.54) is 0 Å². The van der Waals surface area contributed by atoms with Crippen LogP contribution in [0.15, 0.2) is 24.3 Å². The van der Waals surface area contributed by atoms with E-state index in [9.17, 15) is 14.7 Å². The summed E-state index contributed by atoms with van der Waals surface area (Å²) in [7, 11) is 0. The van der Waals surface area contributed by atoms with Crippen molar-refractivity contribution in [3.63, 3.8) is 0 Å². The number of ether oxygens (including phenoxy) is 1. The van der Waals surface area contributed by atoms with Crippen LogP contribution in [0.5, 0.6) is 0 Å². The van der Waals surface area contributed by atoms with Gasteiger partial charge in [0.05, 0.1) is 17.8 Å². The van der Waals surface area contributed by atoms with Crippen LogP contribution < -0.4 is 5.73 Å². The number of carbonyl (C=O) groups excluding carboxylic acids is 2. The first-order valence-corrected chi connectivity index (χ1v) is 8.38. The molecule has 1 aromatic carbocycles. The third kappa shape index (κ3) is 11.7. The second-order valence-electron chi connectivity index (χ2n) is 6.55. The lowest BCUT2D eigenvalue weighted by molar-refractivity contribution is -0.108. The topological polar surface area (TPSA) is 89.6 Å². The molecule has 1 atom stereocenters. The number of nitrogen functional groups attached to an aromatic ring is 1. The summed E-state index contributed by atoms with van der Waals surface area (Å²) >= 11 is 0. The van der Waals surface area contributed by atoms with E-state index in [-0.39, 0.29) is 5.97 Å². The molecule has 3 N–H and O–H groups in total. The number of anilines is 1. The van der Waals surface area contributed by atoms with Gasteiger partial charge in [-0.3, -0.25) is 0 Å². The van der Waals surface area contributed by atoms with E-state index in [4.69, 9.17) is 10.5 Å². The number of hydrogen-bond acceptors (Lipinski definition) is 5. The van der Waals surface area contributed by atoms with Crippen molar-refractivity contribution in [2.24, 2.45) is 5.92 Å². The third-order valence-corrected chi connectivity index (χ3v) is 3.41. The first-order valence-electron chi connectivity index (χ1n) is 8.38. The van der Waals surface area contributed by atoms with Crippen molar-refractivity contribution in [1.29, 1.82) is 0 Å². The van der Waals surface area contributed by atoms with E-state index in [0.29, 0.717) is 30.2 Å². The van der Waals surface area contributed by atoms with E-state index in [1.54, 1.807) is 31.2 Å². The second-order valence-corrected chi connectivity index (χ2v) is 6.55. The maximum atomic E-state index is 11.1. The maximum absolute atomic E-state index is 11.1. The van der Waals surface area contributed by atoms with Gasteiger partial charge in [0, 0.05) is 12.1 Å². The van der Waals surface area contributed by atoms with Crippen LogP contribution in [0.25, 0.3) is 0 Å². The zero-order valence-electron chi connectivity index (χ0n) is 15.2. The molecular formula is C19H31NO4. The lowest BCUT2D eigenvalue weighted by Gasteiger charge is -2.17. The van der Waals surface area contributed by atoms with Gasteiger partial charge < -0.3 is 20.4 Å². The molecule has 0 spiro atoms. The quantitative estimate of drug-likeness (QED) is 0.430. The van der Waals surface area contributed by atoms with Crippen LogP contribution >= 0.6 is 0 Å². The molecule has 1 unspecified atom stereocenters. The van der Waals surface area contributed by atoms with Crippen LogP contribution in [0.4, 0.5) is 5.69 Å². The molecule has 0 aliphatic heterocycles. The third-order valence-electron chi connectivity index (χ3n) is 3.41. The van der Waals surface area contributed by atoms with E-state index in [0.717, 1.165) is 25.5 Å². The van der Waals surface area contributed by atoms with Gasteiger partial charge in [-0.2, -0.15) is 0 Å². The molecule has 0 bridgehead atoms. The Kier molecular flexibility index (Phi) is 10.7. The Balaban J connectivity index is 0.000000441. The molecule has 1 rings (SSSR count). The Labute approximate surface area is 145 Å². The second kappa shape index (κ2) is 11.6. The zero-order chi connectivity index (χ0) is 18.6. The number of nitrogens with two attached hydrogens (primary N) is 1. The predicted octanol–water partition coefficient (Wildman–Crippen LogP) is 3.60. The van der Waals surface area contributed by atoms with Gasteiger partial charge in [-0.1, -0.05) is 19.8 Å². The van der Waals surface area contributed by atoms with Gasteiger partial charge in [0.25, 0.3) is 0 Å². The molecule has 5 nitrogen and oxygen atoms in total. The molecule has 5 heteroatoms. The van der Waals surface area contributed by atoms with Crippen molar-refractivity contribution in [1.82, 2.24) is 0 Å². The molecule has 0 aromatic heterocycles. The van der Waals surface area contributed by atoms with Gasteiger partial charge >= 0.3 is 5.97 Å². The fourth-order valence-corrected chi connectivity index (χ4v) is 2.00. The molecule has 0 amide bonds. The Bertz CT molecular complexity index is 477.